The number of aliphatic hydroxyl groups excluding tert-OH is 3. The molecule has 4 N–H and O–H groups in total. The van der Waals surface area contributed by atoms with Gasteiger partial charge >= 0.3 is 0 Å². The summed E-state index contributed by atoms with van der Waals surface area (Å²) in [6, 6.07) is 9.40. The van der Waals surface area contributed by atoms with Gasteiger partial charge in [-0.15, -0.1) is 0 Å². The second-order valence-electron chi connectivity index (χ2n) is 6.60. The molecule has 3 heterocycles. The number of aliphatic hydroxyl groups is 3. The molecular formula is C20H21N5O5. The van der Waals surface area contributed by atoms with Crippen molar-refractivity contribution in [3.63, 3.8) is 0 Å². The molecule has 0 aliphatic carbocycles. The van der Waals surface area contributed by atoms with Crippen molar-refractivity contribution in [1.29, 1.82) is 0 Å². The minimum absolute atomic E-state index is 0.210. The monoisotopic (exact) mass is 411 g/mol. The van der Waals surface area contributed by atoms with Gasteiger partial charge in [-0.3, -0.25) is 9.40 Å². The molecule has 30 heavy (non-hydrogen) atoms. The summed E-state index contributed by atoms with van der Waals surface area (Å²) in [6.07, 6.45) is -2.98. The first-order valence-corrected chi connectivity index (χ1v) is 9.44. The zero-order valence-corrected chi connectivity index (χ0v) is 16.1. The standard InChI is InChI=1S/C20H21N5O5/c1-2-29-24-18-15-19(23-14(22-18)9-8-12-6-4-3-5-7-12)25(11-21-15)20-17(28)16(27)13(10-26)30-20/h3-7,11,13,16-17,20,26-28H,2,10H2,1H3,(H,22,23,24). The molecule has 2 aromatic heterocycles. The van der Waals surface area contributed by atoms with E-state index in [9.17, 15) is 15.3 Å². The molecule has 10 heteroatoms. The highest BCUT2D eigenvalue weighted by Gasteiger charge is 2.44. The van der Waals surface area contributed by atoms with Crippen LogP contribution in [-0.4, -0.2) is 66.4 Å². The lowest BCUT2D eigenvalue weighted by molar-refractivity contribution is -0.0511. The van der Waals surface area contributed by atoms with Crippen LogP contribution < -0.4 is 5.48 Å². The van der Waals surface area contributed by atoms with Gasteiger partial charge in [0.05, 0.1) is 19.5 Å². The lowest BCUT2D eigenvalue weighted by atomic mass is 10.1. The van der Waals surface area contributed by atoms with Gasteiger partial charge in [-0.1, -0.05) is 24.1 Å². The van der Waals surface area contributed by atoms with Gasteiger partial charge in [0.2, 0.25) is 5.82 Å². The van der Waals surface area contributed by atoms with Crippen LogP contribution in [0.15, 0.2) is 36.7 Å². The first-order valence-electron chi connectivity index (χ1n) is 9.44. The molecule has 1 aromatic carbocycles. The number of fused-ring (bicyclic) bond motifs is 1. The fourth-order valence-corrected chi connectivity index (χ4v) is 3.13. The number of anilines is 1. The average Bonchev–Trinajstić information content (AvgIpc) is 3.32. The van der Waals surface area contributed by atoms with Gasteiger partial charge in [0.25, 0.3) is 0 Å². The smallest absolute Gasteiger partial charge is 0.209 e. The zero-order chi connectivity index (χ0) is 21.1. The van der Waals surface area contributed by atoms with Gasteiger partial charge in [0.1, 0.15) is 18.3 Å². The molecule has 0 spiro atoms. The van der Waals surface area contributed by atoms with Crippen molar-refractivity contribution in [3.05, 3.63) is 48.0 Å². The molecular weight excluding hydrogens is 390 g/mol. The Balaban J connectivity index is 1.77. The van der Waals surface area contributed by atoms with Gasteiger partial charge in [-0.25, -0.2) is 15.4 Å². The molecule has 4 rings (SSSR count). The van der Waals surface area contributed by atoms with E-state index in [2.05, 4.69) is 32.3 Å². The van der Waals surface area contributed by atoms with E-state index in [4.69, 9.17) is 9.57 Å². The van der Waals surface area contributed by atoms with Gasteiger partial charge in [0.15, 0.2) is 23.2 Å². The second-order valence-corrected chi connectivity index (χ2v) is 6.60. The zero-order valence-electron chi connectivity index (χ0n) is 16.1. The first-order chi connectivity index (χ1) is 14.6. The number of nitrogens with one attached hydrogen (secondary N) is 1. The fraction of sp³-hybridized carbons (Fsp3) is 0.350. The number of rotatable bonds is 5. The number of imidazole rings is 1. The number of nitrogens with zero attached hydrogens (tertiary/aromatic N) is 4. The lowest BCUT2D eigenvalue weighted by Gasteiger charge is -2.16. The number of hydrogen-bond acceptors (Lipinski definition) is 9. The topological polar surface area (TPSA) is 135 Å². The molecule has 3 aromatic rings. The Morgan fingerprint density at radius 2 is 1.97 bits per heavy atom. The molecule has 10 nitrogen and oxygen atoms in total. The quantitative estimate of drug-likeness (QED) is 0.343. The molecule has 1 aliphatic heterocycles. The van der Waals surface area contributed by atoms with Crippen LogP contribution in [0.2, 0.25) is 0 Å². The Hall–Kier alpha value is -3.07. The maximum Gasteiger partial charge on any atom is 0.209 e. The minimum Gasteiger partial charge on any atom is -0.394 e. The summed E-state index contributed by atoms with van der Waals surface area (Å²) in [4.78, 5) is 18.4. The van der Waals surface area contributed by atoms with Crippen molar-refractivity contribution in [3.8, 4) is 11.8 Å². The van der Waals surface area contributed by atoms with E-state index in [1.165, 1.54) is 10.9 Å². The van der Waals surface area contributed by atoms with E-state index in [0.29, 0.717) is 23.6 Å². The van der Waals surface area contributed by atoms with Crippen LogP contribution in [0.1, 0.15) is 24.5 Å². The minimum atomic E-state index is -1.27. The third-order valence-corrected chi connectivity index (χ3v) is 4.62. The Bertz CT molecular complexity index is 1080. The van der Waals surface area contributed by atoms with Gasteiger partial charge in [-0.2, -0.15) is 4.98 Å². The number of ether oxygens (including phenoxy) is 1. The Kier molecular flexibility index (Phi) is 5.89. The SMILES string of the molecule is CCONc1nc(C#Cc2ccccc2)nc2c1ncn2C1OC(CO)C(O)C1O. The summed E-state index contributed by atoms with van der Waals surface area (Å²) >= 11 is 0. The predicted molar refractivity (Wildman–Crippen MR) is 106 cm³/mol. The molecule has 4 atom stereocenters. The molecule has 0 radical (unpaired) electrons. The Labute approximate surface area is 172 Å². The maximum absolute atomic E-state index is 10.4. The first kappa shape index (κ1) is 20.2. The van der Waals surface area contributed by atoms with E-state index < -0.39 is 31.1 Å². The molecule has 4 unspecified atom stereocenters. The lowest BCUT2D eigenvalue weighted by Crippen LogP contribution is -2.33. The molecule has 1 fully saturated rings. The summed E-state index contributed by atoms with van der Waals surface area (Å²) in [7, 11) is 0. The van der Waals surface area contributed by atoms with E-state index >= 15 is 0 Å². The predicted octanol–water partition coefficient (Wildman–Crippen LogP) is 0.201. The van der Waals surface area contributed by atoms with Crippen molar-refractivity contribution >= 4 is 17.0 Å². The van der Waals surface area contributed by atoms with Crippen LogP contribution in [0.3, 0.4) is 0 Å². The highest BCUT2D eigenvalue weighted by molar-refractivity contribution is 5.83. The Morgan fingerprint density at radius 3 is 2.67 bits per heavy atom. The Morgan fingerprint density at radius 1 is 1.17 bits per heavy atom. The molecule has 0 amide bonds. The number of benzene rings is 1. The van der Waals surface area contributed by atoms with Crippen LogP contribution >= 0.6 is 0 Å². The van der Waals surface area contributed by atoms with Crippen molar-refractivity contribution in [1.82, 2.24) is 19.5 Å². The van der Waals surface area contributed by atoms with Gasteiger partial charge in [0, 0.05) is 5.56 Å². The molecule has 0 bridgehead atoms. The maximum atomic E-state index is 10.4. The third kappa shape index (κ3) is 3.85. The van der Waals surface area contributed by atoms with Gasteiger partial charge in [-0.05, 0) is 25.0 Å². The molecule has 0 saturated carbocycles. The largest absolute Gasteiger partial charge is 0.394 e. The van der Waals surface area contributed by atoms with Crippen LogP contribution in [0.4, 0.5) is 5.82 Å². The van der Waals surface area contributed by atoms with E-state index in [1.54, 1.807) is 0 Å². The average molecular weight is 411 g/mol. The van der Waals surface area contributed by atoms with Crippen molar-refractivity contribution in [2.45, 2.75) is 31.5 Å². The summed E-state index contributed by atoms with van der Waals surface area (Å²) in [6.45, 7) is 1.78. The number of hydrogen-bond donors (Lipinski definition) is 4. The van der Waals surface area contributed by atoms with Crippen LogP contribution in [0.25, 0.3) is 11.2 Å². The summed E-state index contributed by atoms with van der Waals surface area (Å²) in [5.41, 5.74) is 4.25. The molecule has 1 aliphatic rings. The summed E-state index contributed by atoms with van der Waals surface area (Å²) in [5.74, 6) is 6.43. The molecule has 1 saturated heterocycles. The van der Waals surface area contributed by atoms with Crippen LogP contribution in [0, 0.1) is 11.8 Å². The second kappa shape index (κ2) is 8.74. The highest BCUT2D eigenvalue weighted by Crippen LogP contribution is 2.32. The van der Waals surface area contributed by atoms with E-state index in [1.807, 2.05) is 37.3 Å². The fourth-order valence-electron chi connectivity index (χ4n) is 3.13. The third-order valence-electron chi connectivity index (χ3n) is 4.62. The van der Waals surface area contributed by atoms with E-state index in [0.717, 1.165) is 5.56 Å². The normalized spacial score (nSPS) is 23.3. The summed E-state index contributed by atoms with van der Waals surface area (Å²) in [5, 5.41) is 29.8. The van der Waals surface area contributed by atoms with Crippen molar-refractivity contribution in [2.24, 2.45) is 0 Å². The number of aromatic nitrogens is 4. The van der Waals surface area contributed by atoms with Crippen LogP contribution in [-0.2, 0) is 9.57 Å². The van der Waals surface area contributed by atoms with Gasteiger partial charge < -0.3 is 20.1 Å². The van der Waals surface area contributed by atoms with Crippen LogP contribution in [0.5, 0.6) is 0 Å². The molecule has 156 valence electrons. The van der Waals surface area contributed by atoms with E-state index in [-0.39, 0.29) is 5.82 Å². The van der Waals surface area contributed by atoms with Crippen molar-refractivity contribution < 1.29 is 24.9 Å². The highest BCUT2D eigenvalue weighted by atomic mass is 16.6. The van der Waals surface area contributed by atoms with Crippen molar-refractivity contribution in [2.75, 3.05) is 18.7 Å². The summed E-state index contributed by atoms with van der Waals surface area (Å²) < 4.78 is 7.08.